The summed E-state index contributed by atoms with van der Waals surface area (Å²) in [5.41, 5.74) is -3.45. The minimum atomic E-state index is -1.86. The number of allylic oxidation sites excluding steroid dienone is 4. The number of ketones is 2. The maximum atomic E-state index is 13.5. The Balaban J connectivity index is 1.51. The molecular formula is C29H40ClNO8. The second-order valence-corrected chi connectivity index (χ2v) is 13.7. The maximum Gasteiger partial charge on any atom is 0.408 e. The highest BCUT2D eigenvalue weighted by atomic mass is 35.5. The molecule has 0 aromatic heterocycles. The molecule has 3 saturated carbocycles. The highest BCUT2D eigenvalue weighted by Gasteiger charge is 2.74. The zero-order valence-corrected chi connectivity index (χ0v) is 24.3. The van der Waals surface area contributed by atoms with Gasteiger partial charge in [0.15, 0.2) is 12.4 Å². The average Bonchev–Trinajstić information content (AvgIpc) is 3.03. The molecule has 0 radical (unpaired) electrons. The van der Waals surface area contributed by atoms with Crippen LogP contribution in [-0.4, -0.2) is 69.2 Å². The Kier molecular flexibility index (Phi) is 7.40. The monoisotopic (exact) mass is 565 g/mol. The van der Waals surface area contributed by atoms with E-state index in [2.05, 4.69) is 5.32 Å². The number of rotatable bonds is 5. The predicted octanol–water partition coefficient (Wildman–Crippen LogP) is 3.24. The summed E-state index contributed by atoms with van der Waals surface area (Å²) >= 11 is 7.41. The first kappa shape index (κ1) is 29.7. The van der Waals surface area contributed by atoms with Crippen LogP contribution in [0.15, 0.2) is 23.8 Å². The van der Waals surface area contributed by atoms with E-state index in [1.54, 1.807) is 39.8 Å². The molecule has 0 spiro atoms. The smallest absolute Gasteiger partial charge is 0.408 e. The number of fused-ring (bicyclic) bond motifs is 5. The van der Waals surface area contributed by atoms with Crippen LogP contribution >= 0.6 is 11.6 Å². The Hall–Kier alpha value is -2.23. The van der Waals surface area contributed by atoms with E-state index in [-0.39, 0.29) is 24.0 Å². The molecule has 39 heavy (non-hydrogen) atoms. The van der Waals surface area contributed by atoms with E-state index in [0.717, 1.165) is 5.57 Å². The Morgan fingerprint density at radius 1 is 1.21 bits per heavy atom. The van der Waals surface area contributed by atoms with Crippen LogP contribution in [0.2, 0.25) is 0 Å². The molecule has 4 aliphatic rings. The molecule has 9 nitrogen and oxygen atoms in total. The number of Topliss-reactive ketones (excluding diaryl/α,β-unsaturated/α-hetero) is 1. The number of carbonyl (C=O) groups excluding carboxylic acids is 4. The van der Waals surface area contributed by atoms with Crippen LogP contribution in [0.1, 0.15) is 67.2 Å². The first-order valence-corrected chi connectivity index (χ1v) is 14.0. The molecule has 0 aliphatic heterocycles. The van der Waals surface area contributed by atoms with Crippen molar-refractivity contribution in [2.45, 2.75) is 89.4 Å². The lowest BCUT2D eigenvalue weighted by molar-refractivity contribution is -0.182. The Labute approximate surface area is 234 Å². The van der Waals surface area contributed by atoms with Gasteiger partial charge in [0.1, 0.15) is 17.7 Å². The molecule has 4 aliphatic carbocycles. The Morgan fingerprint density at radius 3 is 2.51 bits per heavy atom. The summed E-state index contributed by atoms with van der Waals surface area (Å²) < 4.78 is 10.2. The largest absolute Gasteiger partial charge is 0.456 e. The zero-order valence-electron chi connectivity index (χ0n) is 23.5. The number of alkyl halides is 1. The van der Waals surface area contributed by atoms with Crippen LogP contribution in [0.5, 0.6) is 0 Å². The lowest BCUT2D eigenvalue weighted by atomic mass is 9.45. The second-order valence-electron chi connectivity index (χ2n) is 13.1. The molecule has 4 rings (SSSR count). The number of hydrogen-bond donors (Lipinski definition) is 3. The fraction of sp³-hybridized carbons (Fsp3) is 0.724. The van der Waals surface area contributed by atoms with Crippen molar-refractivity contribution in [3.63, 3.8) is 0 Å². The van der Waals surface area contributed by atoms with Gasteiger partial charge in [-0.15, -0.1) is 11.6 Å². The van der Waals surface area contributed by atoms with E-state index in [1.165, 1.54) is 6.08 Å². The molecular weight excluding hydrogens is 526 g/mol. The maximum absolute atomic E-state index is 13.5. The van der Waals surface area contributed by atoms with Crippen molar-refractivity contribution in [1.82, 2.24) is 5.32 Å². The van der Waals surface area contributed by atoms with Crippen LogP contribution in [-0.2, 0) is 23.9 Å². The van der Waals surface area contributed by atoms with Crippen molar-refractivity contribution < 1.29 is 38.9 Å². The van der Waals surface area contributed by atoms with E-state index in [9.17, 15) is 29.4 Å². The minimum absolute atomic E-state index is 0.0725. The molecule has 0 heterocycles. The number of aliphatic hydroxyl groups is 2. The van der Waals surface area contributed by atoms with Gasteiger partial charge in [-0.05, 0) is 76.4 Å². The number of amides is 1. The fourth-order valence-electron chi connectivity index (χ4n) is 7.91. The summed E-state index contributed by atoms with van der Waals surface area (Å²) in [6, 6.07) is 0. The van der Waals surface area contributed by atoms with Gasteiger partial charge in [0, 0.05) is 10.8 Å². The third-order valence-corrected chi connectivity index (χ3v) is 10.7. The topological polar surface area (TPSA) is 139 Å². The van der Waals surface area contributed by atoms with Crippen molar-refractivity contribution >= 4 is 35.2 Å². The summed E-state index contributed by atoms with van der Waals surface area (Å²) in [5.74, 6) is -2.47. The van der Waals surface area contributed by atoms with E-state index >= 15 is 0 Å². The summed E-state index contributed by atoms with van der Waals surface area (Å²) in [6.45, 7) is 9.47. The van der Waals surface area contributed by atoms with E-state index in [1.807, 2.05) is 13.8 Å². The molecule has 0 bridgehead atoms. The van der Waals surface area contributed by atoms with E-state index < -0.39 is 69.9 Å². The van der Waals surface area contributed by atoms with Crippen LogP contribution in [0.3, 0.4) is 0 Å². The molecule has 1 amide bonds. The first-order chi connectivity index (χ1) is 17.9. The number of ether oxygens (including phenoxy) is 2. The van der Waals surface area contributed by atoms with Crippen LogP contribution in [0.25, 0.3) is 0 Å². The molecule has 0 aromatic rings. The van der Waals surface area contributed by atoms with Crippen molar-refractivity contribution in [1.29, 1.82) is 0 Å². The van der Waals surface area contributed by atoms with E-state index in [0.29, 0.717) is 19.3 Å². The third kappa shape index (κ3) is 4.54. The van der Waals surface area contributed by atoms with Gasteiger partial charge in [-0.2, -0.15) is 0 Å². The number of hydrogen-bond acceptors (Lipinski definition) is 8. The quantitative estimate of drug-likeness (QED) is 0.341. The zero-order chi connectivity index (χ0) is 29.2. The van der Waals surface area contributed by atoms with E-state index in [4.69, 9.17) is 21.1 Å². The number of carbonyl (C=O) groups is 4. The van der Waals surface area contributed by atoms with Gasteiger partial charge in [0.25, 0.3) is 0 Å². The van der Waals surface area contributed by atoms with Gasteiger partial charge in [-0.25, -0.2) is 4.79 Å². The summed E-state index contributed by atoms with van der Waals surface area (Å²) in [4.78, 5) is 48.5. The van der Waals surface area contributed by atoms with Crippen molar-refractivity contribution in [3.05, 3.63) is 23.8 Å². The van der Waals surface area contributed by atoms with Gasteiger partial charge in [-0.1, -0.05) is 32.4 Å². The van der Waals surface area contributed by atoms with Gasteiger partial charge in [-0.3, -0.25) is 14.4 Å². The molecule has 0 saturated heterocycles. The summed E-state index contributed by atoms with van der Waals surface area (Å²) in [6.07, 6.45) is 4.89. The molecule has 0 aromatic carbocycles. The molecule has 10 heteroatoms. The van der Waals surface area contributed by atoms with Gasteiger partial charge in [0.05, 0.1) is 11.0 Å². The third-order valence-electron chi connectivity index (χ3n) is 9.79. The second kappa shape index (κ2) is 9.70. The lowest BCUT2D eigenvalue weighted by Gasteiger charge is -2.63. The van der Waals surface area contributed by atoms with Crippen molar-refractivity contribution in [2.24, 2.45) is 28.6 Å². The molecule has 216 valence electrons. The minimum Gasteiger partial charge on any atom is -0.456 e. The summed E-state index contributed by atoms with van der Waals surface area (Å²) in [7, 11) is 0. The van der Waals surface area contributed by atoms with Crippen molar-refractivity contribution in [3.8, 4) is 0 Å². The lowest BCUT2D eigenvalue weighted by Crippen LogP contribution is -2.69. The summed E-state index contributed by atoms with van der Waals surface area (Å²) in [5, 5.41) is 25.9. The number of alkyl carbamates (subject to hydrolysis) is 1. The molecule has 3 N–H and O–H groups in total. The Morgan fingerprint density at radius 2 is 1.87 bits per heavy atom. The number of aliphatic hydroxyl groups excluding tert-OH is 1. The van der Waals surface area contributed by atoms with Gasteiger partial charge < -0.3 is 25.0 Å². The van der Waals surface area contributed by atoms with Gasteiger partial charge >= 0.3 is 12.1 Å². The first-order valence-electron chi connectivity index (χ1n) is 13.6. The number of nitrogens with one attached hydrogen (secondary N) is 1. The van der Waals surface area contributed by atoms with Crippen LogP contribution in [0, 0.1) is 28.6 Å². The fourth-order valence-corrected chi connectivity index (χ4v) is 8.43. The number of esters is 1. The molecule has 8 atom stereocenters. The SMILES string of the molecule is C[C@H]1C[C@H]2[C@@H]3CCC4=CC(=O)C=C[C@]4(C)[C@@]3(Cl)[C@@H](O)C[C@]2(C)[C@@]1(O)C(=O)COC(=O)CNC(=O)OC(C)(C)C. The van der Waals surface area contributed by atoms with Gasteiger partial charge in [0.2, 0.25) is 5.78 Å². The average molecular weight is 566 g/mol. The van der Waals surface area contributed by atoms with Crippen molar-refractivity contribution in [2.75, 3.05) is 13.2 Å². The molecule has 0 unspecified atom stereocenters. The van der Waals surface area contributed by atoms with Crippen LogP contribution < -0.4 is 5.32 Å². The normalized spacial score (nSPS) is 41.1. The molecule has 3 fully saturated rings. The highest BCUT2D eigenvalue weighted by Crippen LogP contribution is 2.71. The Bertz CT molecular complexity index is 1140. The highest BCUT2D eigenvalue weighted by molar-refractivity contribution is 6.26. The van der Waals surface area contributed by atoms with Crippen LogP contribution in [0.4, 0.5) is 4.79 Å². The number of halogens is 1. The standard InChI is InChI=1S/C29H40ClNO8/c1-16-11-20-19-8-7-17-12-18(32)9-10-26(17,5)28(19,30)21(33)13-27(20,6)29(16,37)22(34)15-38-23(35)14-31-24(36)39-25(2,3)4/h9-10,12,16,19-21,33,37H,7-8,11,13-15H2,1-6H3,(H,31,36)/t16-,19-,20-,21-,26-,27-,28-,29-/m0/s1. The predicted molar refractivity (Wildman–Crippen MR) is 143 cm³/mol.